The Hall–Kier alpha value is -1.63. The van der Waals surface area contributed by atoms with E-state index in [1.807, 2.05) is 27.7 Å². The van der Waals surface area contributed by atoms with Gasteiger partial charge in [-0.1, -0.05) is 13.8 Å². The Kier molecular flexibility index (Phi) is 9.36. The molecule has 0 aliphatic heterocycles. The van der Waals surface area contributed by atoms with E-state index < -0.39 is 11.9 Å². The number of rotatable bonds is 8. The highest BCUT2D eigenvalue weighted by Crippen LogP contribution is 1.98. The normalized spacial score (nSPS) is 10.9. The lowest BCUT2D eigenvalue weighted by atomic mass is 10.2. The highest BCUT2D eigenvalue weighted by Gasteiger charge is 2.19. The standard InChI is InChI=1S/C14H27N3O4/c1-6-21-13(19)9-17(11(4)5)8-12(18)16-14(20)15-7-10(2)3/h10-11H,6-9H2,1-5H3,(H2,15,16,18,20). The Bertz CT molecular complexity index is 356. The van der Waals surface area contributed by atoms with Crippen molar-refractivity contribution in [2.45, 2.75) is 40.7 Å². The lowest BCUT2D eigenvalue weighted by molar-refractivity contribution is -0.145. The van der Waals surface area contributed by atoms with Crippen molar-refractivity contribution in [2.24, 2.45) is 5.92 Å². The molecule has 122 valence electrons. The van der Waals surface area contributed by atoms with Crippen LogP contribution < -0.4 is 10.6 Å². The minimum absolute atomic E-state index is 0.0149. The summed E-state index contributed by atoms with van der Waals surface area (Å²) in [4.78, 5) is 36.4. The van der Waals surface area contributed by atoms with Crippen molar-refractivity contribution in [3.63, 3.8) is 0 Å². The van der Waals surface area contributed by atoms with Crippen molar-refractivity contribution < 1.29 is 19.1 Å². The molecule has 0 aromatic heterocycles. The lowest BCUT2D eigenvalue weighted by Gasteiger charge is -2.24. The Labute approximate surface area is 126 Å². The second-order valence-electron chi connectivity index (χ2n) is 5.46. The first kappa shape index (κ1) is 19.4. The van der Waals surface area contributed by atoms with Gasteiger partial charge in [-0.3, -0.25) is 19.8 Å². The number of amides is 3. The average Bonchev–Trinajstić information content (AvgIpc) is 2.35. The average molecular weight is 301 g/mol. The number of imide groups is 1. The number of ether oxygens (including phenoxy) is 1. The first-order chi connectivity index (χ1) is 9.76. The van der Waals surface area contributed by atoms with Gasteiger partial charge in [-0.2, -0.15) is 0 Å². The third kappa shape index (κ3) is 9.84. The molecular formula is C14H27N3O4. The van der Waals surface area contributed by atoms with Crippen LogP contribution in [0.2, 0.25) is 0 Å². The van der Waals surface area contributed by atoms with Crippen molar-refractivity contribution in [1.29, 1.82) is 0 Å². The van der Waals surface area contributed by atoms with Gasteiger partial charge >= 0.3 is 12.0 Å². The van der Waals surface area contributed by atoms with Crippen molar-refractivity contribution in [1.82, 2.24) is 15.5 Å². The van der Waals surface area contributed by atoms with Gasteiger partial charge in [0.1, 0.15) is 0 Å². The van der Waals surface area contributed by atoms with Gasteiger partial charge in [0, 0.05) is 12.6 Å². The maximum absolute atomic E-state index is 11.8. The number of esters is 1. The molecule has 0 aromatic rings. The van der Waals surface area contributed by atoms with Crippen LogP contribution >= 0.6 is 0 Å². The third-order valence-electron chi connectivity index (χ3n) is 2.64. The predicted molar refractivity (Wildman–Crippen MR) is 79.7 cm³/mol. The summed E-state index contributed by atoms with van der Waals surface area (Å²) in [6, 6.07) is -0.535. The number of nitrogens with zero attached hydrogens (tertiary/aromatic N) is 1. The molecule has 0 fully saturated rings. The number of urea groups is 1. The highest BCUT2D eigenvalue weighted by molar-refractivity contribution is 5.95. The van der Waals surface area contributed by atoms with Crippen molar-refractivity contribution in [3.8, 4) is 0 Å². The van der Waals surface area contributed by atoms with E-state index in [2.05, 4.69) is 10.6 Å². The number of nitrogens with one attached hydrogen (secondary N) is 2. The second kappa shape index (κ2) is 10.1. The molecule has 21 heavy (non-hydrogen) atoms. The molecule has 0 atom stereocenters. The van der Waals surface area contributed by atoms with E-state index in [-0.39, 0.29) is 25.1 Å². The minimum Gasteiger partial charge on any atom is -0.465 e. The fraction of sp³-hybridized carbons (Fsp3) is 0.786. The summed E-state index contributed by atoms with van der Waals surface area (Å²) >= 11 is 0. The van der Waals surface area contributed by atoms with Crippen LogP contribution in [0.1, 0.15) is 34.6 Å². The summed E-state index contributed by atoms with van der Waals surface area (Å²) < 4.78 is 4.86. The Morgan fingerprint density at radius 1 is 1.10 bits per heavy atom. The molecule has 0 saturated carbocycles. The molecule has 0 aromatic carbocycles. The zero-order valence-corrected chi connectivity index (χ0v) is 13.6. The van der Waals surface area contributed by atoms with E-state index in [0.717, 1.165) is 0 Å². The maximum Gasteiger partial charge on any atom is 0.321 e. The molecule has 0 aliphatic rings. The van der Waals surface area contributed by atoms with Gasteiger partial charge < -0.3 is 10.1 Å². The number of carbonyl (C=O) groups excluding carboxylic acids is 3. The van der Waals surface area contributed by atoms with Crippen LogP contribution in [0.3, 0.4) is 0 Å². The van der Waals surface area contributed by atoms with Gasteiger partial charge in [0.15, 0.2) is 0 Å². The summed E-state index contributed by atoms with van der Waals surface area (Å²) in [7, 11) is 0. The third-order valence-corrected chi connectivity index (χ3v) is 2.64. The second-order valence-corrected chi connectivity index (χ2v) is 5.46. The van der Waals surface area contributed by atoms with Crippen LogP contribution in [0.5, 0.6) is 0 Å². The number of carbonyl (C=O) groups is 3. The van der Waals surface area contributed by atoms with E-state index in [4.69, 9.17) is 4.74 Å². The SMILES string of the molecule is CCOC(=O)CN(CC(=O)NC(=O)NCC(C)C)C(C)C. The molecule has 0 spiro atoms. The van der Waals surface area contributed by atoms with E-state index >= 15 is 0 Å². The minimum atomic E-state index is -0.520. The number of hydrogen-bond acceptors (Lipinski definition) is 5. The molecule has 2 N–H and O–H groups in total. The van der Waals surface area contributed by atoms with Crippen molar-refractivity contribution >= 4 is 17.9 Å². The van der Waals surface area contributed by atoms with Crippen LogP contribution in [0.25, 0.3) is 0 Å². The molecular weight excluding hydrogens is 274 g/mol. The smallest absolute Gasteiger partial charge is 0.321 e. The van der Waals surface area contributed by atoms with E-state index in [9.17, 15) is 14.4 Å². The van der Waals surface area contributed by atoms with Crippen LogP contribution in [-0.2, 0) is 14.3 Å². The Morgan fingerprint density at radius 3 is 2.19 bits per heavy atom. The fourth-order valence-corrected chi connectivity index (χ4v) is 1.49. The van der Waals surface area contributed by atoms with Gasteiger partial charge in [0.25, 0.3) is 0 Å². The van der Waals surface area contributed by atoms with Gasteiger partial charge in [-0.25, -0.2) is 4.79 Å². The lowest BCUT2D eigenvalue weighted by Crippen LogP contribution is -2.48. The van der Waals surface area contributed by atoms with Crippen LogP contribution in [-0.4, -0.2) is 55.1 Å². The number of hydrogen-bond donors (Lipinski definition) is 2. The van der Waals surface area contributed by atoms with Gasteiger partial charge in [0.2, 0.25) is 5.91 Å². The molecule has 0 radical (unpaired) electrons. The first-order valence-electron chi connectivity index (χ1n) is 7.23. The monoisotopic (exact) mass is 301 g/mol. The summed E-state index contributed by atoms with van der Waals surface area (Å²) in [5.74, 6) is -0.528. The Balaban J connectivity index is 4.28. The summed E-state index contributed by atoms with van der Waals surface area (Å²) in [6.07, 6.45) is 0. The van der Waals surface area contributed by atoms with Crippen LogP contribution in [0.4, 0.5) is 4.79 Å². The summed E-state index contributed by atoms with van der Waals surface area (Å²) in [5.41, 5.74) is 0. The van der Waals surface area contributed by atoms with Crippen LogP contribution in [0, 0.1) is 5.92 Å². The predicted octanol–water partition coefficient (Wildman–Crippen LogP) is 0.742. The topological polar surface area (TPSA) is 87.7 Å². The van der Waals surface area contributed by atoms with Crippen molar-refractivity contribution in [2.75, 3.05) is 26.2 Å². The summed E-state index contributed by atoms with van der Waals surface area (Å²) in [6.45, 7) is 10.2. The van der Waals surface area contributed by atoms with E-state index in [1.165, 1.54) is 0 Å². The van der Waals surface area contributed by atoms with Crippen LogP contribution in [0.15, 0.2) is 0 Å². The molecule has 0 unspecified atom stereocenters. The Morgan fingerprint density at radius 2 is 1.71 bits per heavy atom. The molecule has 0 rings (SSSR count). The van der Waals surface area contributed by atoms with Gasteiger partial charge in [0.05, 0.1) is 19.7 Å². The van der Waals surface area contributed by atoms with Crippen molar-refractivity contribution in [3.05, 3.63) is 0 Å². The molecule has 0 aliphatic carbocycles. The molecule has 3 amide bonds. The largest absolute Gasteiger partial charge is 0.465 e. The molecule has 0 heterocycles. The maximum atomic E-state index is 11.8. The van der Waals surface area contributed by atoms with Gasteiger partial charge in [-0.05, 0) is 26.7 Å². The zero-order chi connectivity index (χ0) is 16.4. The van der Waals surface area contributed by atoms with Gasteiger partial charge in [-0.15, -0.1) is 0 Å². The van der Waals surface area contributed by atoms with E-state index in [1.54, 1.807) is 11.8 Å². The van der Waals surface area contributed by atoms with E-state index in [0.29, 0.717) is 19.1 Å². The molecule has 7 heteroatoms. The zero-order valence-electron chi connectivity index (χ0n) is 13.6. The molecule has 0 bridgehead atoms. The molecule has 0 saturated heterocycles. The quantitative estimate of drug-likeness (QED) is 0.646. The highest BCUT2D eigenvalue weighted by atomic mass is 16.5. The molecule has 7 nitrogen and oxygen atoms in total. The first-order valence-corrected chi connectivity index (χ1v) is 7.23. The summed E-state index contributed by atoms with van der Waals surface area (Å²) in [5, 5.41) is 4.84. The fourth-order valence-electron chi connectivity index (χ4n) is 1.49.